The molecule has 0 aliphatic carbocycles. The van der Waals surface area contributed by atoms with Crippen LogP contribution >= 0.6 is 0 Å². The molecule has 1 aromatic heterocycles. The zero-order chi connectivity index (χ0) is 20.2. The first-order valence-electron chi connectivity index (χ1n) is 10.6. The summed E-state index contributed by atoms with van der Waals surface area (Å²) in [7, 11) is 1.86. The monoisotopic (exact) mass is 397 g/mol. The minimum Gasteiger partial charge on any atom is -0.491 e. The summed E-state index contributed by atoms with van der Waals surface area (Å²) in [5.41, 5.74) is 0.982. The van der Waals surface area contributed by atoms with E-state index in [0.29, 0.717) is 13.0 Å². The Hall–Kier alpha value is -2.38. The third kappa shape index (κ3) is 4.46. The highest BCUT2D eigenvalue weighted by Crippen LogP contribution is 2.32. The van der Waals surface area contributed by atoms with Crippen LogP contribution in [0, 0.1) is 0 Å². The van der Waals surface area contributed by atoms with Gasteiger partial charge < -0.3 is 19.1 Å². The Morgan fingerprint density at radius 3 is 2.62 bits per heavy atom. The Labute approximate surface area is 172 Å². The first-order chi connectivity index (χ1) is 14.2. The molecule has 1 aromatic carbocycles. The van der Waals surface area contributed by atoms with Gasteiger partial charge in [0, 0.05) is 65.1 Å². The highest BCUT2D eigenvalue weighted by molar-refractivity contribution is 5.79. The van der Waals surface area contributed by atoms with Gasteiger partial charge >= 0.3 is 0 Å². The molecule has 0 radical (unpaired) electrons. The number of para-hydroxylation sites is 1. The van der Waals surface area contributed by atoms with Gasteiger partial charge in [-0.2, -0.15) is 0 Å². The number of amides is 1. The number of ether oxygens (including phenoxy) is 1. The lowest BCUT2D eigenvalue weighted by Gasteiger charge is -2.33. The summed E-state index contributed by atoms with van der Waals surface area (Å²) in [6.45, 7) is 10.1. The van der Waals surface area contributed by atoms with E-state index in [1.54, 1.807) is 4.90 Å². The Morgan fingerprint density at radius 1 is 1.14 bits per heavy atom. The third-order valence-electron chi connectivity index (χ3n) is 6.09. The van der Waals surface area contributed by atoms with Crippen molar-refractivity contribution in [2.75, 3.05) is 59.5 Å². The van der Waals surface area contributed by atoms with Gasteiger partial charge in [0.2, 0.25) is 5.91 Å². The molecule has 2 saturated heterocycles. The second-order valence-corrected chi connectivity index (χ2v) is 7.91. The van der Waals surface area contributed by atoms with Crippen LogP contribution in [0.25, 0.3) is 11.4 Å². The molecule has 2 aliphatic rings. The maximum absolute atomic E-state index is 12.0. The quantitative estimate of drug-likeness (QED) is 0.715. The molecule has 156 valence electrons. The zero-order valence-electron chi connectivity index (χ0n) is 17.5. The van der Waals surface area contributed by atoms with Crippen molar-refractivity contribution >= 4 is 5.91 Å². The predicted molar refractivity (Wildman–Crippen MR) is 113 cm³/mol. The fraction of sp³-hybridized carbons (Fsp3) is 0.545. The number of rotatable bonds is 7. The number of nitrogens with zero attached hydrogens (tertiary/aromatic N) is 5. The number of benzene rings is 1. The molecule has 1 amide bonds. The second-order valence-electron chi connectivity index (χ2n) is 7.91. The summed E-state index contributed by atoms with van der Waals surface area (Å²) in [6.07, 6.45) is 4.30. The van der Waals surface area contributed by atoms with E-state index in [0.717, 1.165) is 63.0 Å². The van der Waals surface area contributed by atoms with Crippen LogP contribution in [-0.2, 0) is 4.79 Å². The van der Waals surface area contributed by atoms with Crippen molar-refractivity contribution in [1.82, 2.24) is 24.3 Å². The van der Waals surface area contributed by atoms with E-state index in [9.17, 15) is 4.79 Å². The van der Waals surface area contributed by atoms with Crippen molar-refractivity contribution in [3.8, 4) is 17.1 Å². The smallest absolute Gasteiger partial charge is 0.224 e. The Morgan fingerprint density at radius 2 is 1.90 bits per heavy atom. The topological polar surface area (TPSA) is 53.8 Å². The molecule has 7 nitrogen and oxygen atoms in total. The van der Waals surface area contributed by atoms with Crippen molar-refractivity contribution in [3.05, 3.63) is 36.7 Å². The Bertz CT molecular complexity index is 828. The van der Waals surface area contributed by atoms with Gasteiger partial charge in [-0.05, 0) is 18.7 Å². The van der Waals surface area contributed by atoms with Crippen molar-refractivity contribution in [2.45, 2.75) is 19.4 Å². The van der Waals surface area contributed by atoms with Crippen molar-refractivity contribution in [2.24, 2.45) is 0 Å². The van der Waals surface area contributed by atoms with Gasteiger partial charge in [-0.15, -0.1) is 0 Å². The van der Waals surface area contributed by atoms with Crippen LogP contribution in [0.2, 0.25) is 0 Å². The fourth-order valence-corrected chi connectivity index (χ4v) is 4.23. The molecule has 0 spiro atoms. The van der Waals surface area contributed by atoms with E-state index in [-0.39, 0.29) is 11.9 Å². The SMILES string of the molecule is CCN1CCN(CCOc2ccccc2-c2nccn2C2CC(=O)N(C)C2)CC1. The fourth-order valence-electron chi connectivity index (χ4n) is 4.23. The molecule has 2 fully saturated rings. The third-order valence-corrected chi connectivity index (χ3v) is 6.09. The van der Waals surface area contributed by atoms with Gasteiger partial charge in [0.1, 0.15) is 18.2 Å². The molecule has 7 heteroatoms. The molecule has 0 saturated carbocycles. The number of likely N-dealkylation sites (N-methyl/N-ethyl adjacent to an activating group) is 2. The van der Waals surface area contributed by atoms with Crippen LogP contribution in [0.15, 0.2) is 36.7 Å². The standard InChI is InChI=1S/C22H31N5O2/c1-3-25-10-12-26(13-11-25)14-15-29-20-7-5-4-6-19(20)22-23-8-9-27(22)18-16-21(28)24(2)17-18/h4-9,18H,3,10-17H2,1-2H3. The molecule has 3 heterocycles. The maximum Gasteiger partial charge on any atom is 0.224 e. The van der Waals surface area contributed by atoms with Gasteiger partial charge in [0.25, 0.3) is 0 Å². The summed E-state index contributed by atoms with van der Waals surface area (Å²) in [5, 5.41) is 0. The maximum atomic E-state index is 12.0. The predicted octanol–water partition coefficient (Wildman–Crippen LogP) is 1.97. The summed E-state index contributed by atoms with van der Waals surface area (Å²) in [6, 6.07) is 8.19. The molecule has 4 rings (SSSR count). The van der Waals surface area contributed by atoms with Crippen molar-refractivity contribution in [3.63, 3.8) is 0 Å². The van der Waals surface area contributed by atoms with E-state index < -0.39 is 0 Å². The van der Waals surface area contributed by atoms with Crippen LogP contribution in [0.4, 0.5) is 0 Å². The number of carbonyl (C=O) groups is 1. The molecule has 0 bridgehead atoms. The molecular formula is C22H31N5O2. The normalized spacial score (nSPS) is 21.1. The van der Waals surface area contributed by atoms with E-state index in [1.165, 1.54) is 0 Å². The number of likely N-dealkylation sites (tertiary alicyclic amines) is 1. The first-order valence-corrected chi connectivity index (χ1v) is 10.6. The van der Waals surface area contributed by atoms with Crippen LogP contribution in [0.3, 0.4) is 0 Å². The number of imidazole rings is 1. The molecule has 2 aliphatic heterocycles. The van der Waals surface area contributed by atoms with Gasteiger partial charge in [-0.1, -0.05) is 19.1 Å². The minimum absolute atomic E-state index is 0.118. The van der Waals surface area contributed by atoms with Crippen molar-refractivity contribution < 1.29 is 9.53 Å². The van der Waals surface area contributed by atoms with Gasteiger partial charge in [0.15, 0.2) is 0 Å². The van der Waals surface area contributed by atoms with Crippen LogP contribution in [0.1, 0.15) is 19.4 Å². The summed E-state index contributed by atoms with van der Waals surface area (Å²) < 4.78 is 8.31. The number of hydrogen-bond acceptors (Lipinski definition) is 5. The number of piperazine rings is 1. The molecule has 1 atom stereocenters. The van der Waals surface area contributed by atoms with Crippen LogP contribution in [0.5, 0.6) is 5.75 Å². The second kappa shape index (κ2) is 8.97. The average Bonchev–Trinajstić information content (AvgIpc) is 3.35. The highest BCUT2D eigenvalue weighted by atomic mass is 16.5. The van der Waals surface area contributed by atoms with Crippen LogP contribution < -0.4 is 4.74 Å². The number of carbonyl (C=O) groups excluding carboxylic acids is 1. The molecule has 2 aromatic rings. The van der Waals surface area contributed by atoms with Gasteiger partial charge in [-0.25, -0.2) is 4.98 Å². The largest absolute Gasteiger partial charge is 0.491 e. The summed E-state index contributed by atoms with van der Waals surface area (Å²) in [5.74, 6) is 1.90. The lowest BCUT2D eigenvalue weighted by molar-refractivity contribution is -0.126. The zero-order valence-corrected chi connectivity index (χ0v) is 17.5. The minimum atomic E-state index is 0.118. The average molecular weight is 398 g/mol. The lowest BCUT2D eigenvalue weighted by Crippen LogP contribution is -2.47. The van der Waals surface area contributed by atoms with Gasteiger partial charge in [0.05, 0.1) is 11.6 Å². The number of hydrogen-bond donors (Lipinski definition) is 0. The Kier molecular flexibility index (Phi) is 6.16. The lowest BCUT2D eigenvalue weighted by atomic mass is 10.1. The number of aromatic nitrogens is 2. The van der Waals surface area contributed by atoms with Crippen molar-refractivity contribution in [1.29, 1.82) is 0 Å². The first kappa shape index (κ1) is 19.9. The summed E-state index contributed by atoms with van der Waals surface area (Å²) >= 11 is 0. The van der Waals surface area contributed by atoms with E-state index in [4.69, 9.17) is 4.74 Å². The van der Waals surface area contributed by atoms with E-state index >= 15 is 0 Å². The van der Waals surface area contributed by atoms with Crippen LogP contribution in [-0.4, -0.2) is 89.6 Å². The molecule has 1 unspecified atom stereocenters. The highest BCUT2D eigenvalue weighted by Gasteiger charge is 2.30. The van der Waals surface area contributed by atoms with Gasteiger partial charge in [-0.3, -0.25) is 9.69 Å². The van der Waals surface area contributed by atoms with E-state index in [1.807, 2.05) is 37.6 Å². The van der Waals surface area contributed by atoms with E-state index in [2.05, 4.69) is 32.3 Å². The molecular weight excluding hydrogens is 366 g/mol. The molecule has 29 heavy (non-hydrogen) atoms. The Balaban J connectivity index is 1.42. The molecule has 0 N–H and O–H groups in total. The summed E-state index contributed by atoms with van der Waals surface area (Å²) in [4.78, 5) is 23.3.